The van der Waals surface area contributed by atoms with Crippen molar-refractivity contribution in [1.29, 1.82) is 0 Å². The molecule has 4 aromatic carbocycles. The molecule has 4 aromatic rings. The quantitative estimate of drug-likeness (QED) is 0.262. The van der Waals surface area contributed by atoms with Crippen LogP contribution in [-0.4, -0.2) is 0 Å². The SMILES string of the molecule is Cc1ccc([CH-]c2ccc(C)cc2)cc1.Cc1ccc([CH-]c2ccc(C)cc2)cc1.[Y+3]. The van der Waals surface area contributed by atoms with Crippen LogP contribution in [0.5, 0.6) is 0 Å². The normalized spacial score (nSPS) is 9.68. The van der Waals surface area contributed by atoms with Crippen LogP contribution in [0.4, 0.5) is 0 Å². The third-order valence-electron chi connectivity index (χ3n) is 4.98. The first-order valence-corrected chi connectivity index (χ1v) is 10.4. The van der Waals surface area contributed by atoms with Crippen molar-refractivity contribution < 1.29 is 32.7 Å². The molecule has 0 aliphatic heterocycles. The Hall–Kier alpha value is -2.28. The van der Waals surface area contributed by atoms with Gasteiger partial charge in [-0.05, 0) is 27.7 Å². The molecule has 1 heteroatoms. The Kier molecular flexibility index (Phi) is 10.1. The molecule has 0 amide bonds. The predicted molar refractivity (Wildman–Crippen MR) is 130 cm³/mol. The van der Waals surface area contributed by atoms with Crippen LogP contribution in [-0.2, 0) is 32.7 Å². The largest absolute Gasteiger partial charge is 3.00 e. The second kappa shape index (κ2) is 12.5. The summed E-state index contributed by atoms with van der Waals surface area (Å²) in [7, 11) is 0. The zero-order chi connectivity index (χ0) is 21.3. The molecule has 0 bridgehead atoms. The van der Waals surface area contributed by atoms with E-state index in [9.17, 15) is 0 Å². The predicted octanol–water partition coefficient (Wildman–Crippen LogP) is 7.81. The molecule has 0 spiro atoms. The van der Waals surface area contributed by atoms with E-state index in [1.807, 2.05) is 0 Å². The molecule has 0 N–H and O–H groups in total. The first-order chi connectivity index (χ1) is 14.5. The van der Waals surface area contributed by atoms with Crippen molar-refractivity contribution in [3.8, 4) is 0 Å². The van der Waals surface area contributed by atoms with Crippen molar-refractivity contribution in [2.75, 3.05) is 0 Å². The van der Waals surface area contributed by atoms with Gasteiger partial charge in [0.15, 0.2) is 0 Å². The van der Waals surface area contributed by atoms with E-state index < -0.39 is 0 Å². The van der Waals surface area contributed by atoms with Crippen LogP contribution in [0.15, 0.2) is 97.1 Å². The Bertz CT molecular complexity index is 850. The van der Waals surface area contributed by atoms with Gasteiger partial charge in [-0.3, -0.25) is 0 Å². The minimum atomic E-state index is 0. The molecule has 0 nitrogen and oxygen atoms in total. The average molecular weight is 479 g/mol. The maximum atomic E-state index is 2.19. The zero-order valence-electron chi connectivity index (χ0n) is 19.0. The molecule has 0 fully saturated rings. The summed E-state index contributed by atoms with van der Waals surface area (Å²) in [5.74, 6) is 0. The van der Waals surface area contributed by atoms with Gasteiger partial charge < -0.3 is 0 Å². The van der Waals surface area contributed by atoms with Crippen LogP contribution in [0.25, 0.3) is 0 Å². The molecule has 0 saturated heterocycles. The minimum absolute atomic E-state index is 0. The minimum Gasteiger partial charge on any atom is -0.126 e. The summed E-state index contributed by atoms with van der Waals surface area (Å²) in [6.45, 7) is 8.43. The number of rotatable bonds is 4. The van der Waals surface area contributed by atoms with E-state index in [1.165, 1.54) is 44.5 Å². The molecule has 0 radical (unpaired) electrons. The molecule has 0 unspecified atom stereocenters. The number of benzene rings is 4. The fourth-order valence-corrected chi connectivity index (χ4v) is 3.04. The van der Waals surface area contributed by atoms with Gasteiger partial charge in [0.2, 0.25) is 0 Å². The molecule has 0 aliphatic carbocycles. The Morgan fingerprint density at radius 3 is 0.645 bits per heavy atom. The summed E-state index contributed by atoms with van der Waals surface area (Å²) in [5, 5.41) is 0. The van der Waals surface area contributed by atoms with Crippen LogP contribution >= 0.6 is 0 Å². The third-order valence-corrected chi connectivity index (χ3v) is 4.98. The fraction of sp³-hybridized carbons (Fsp3) is 0.133. The van der Waals surface area contributed by atoms with Gasteiger partial charge in [0.25, 0.3) is 0 Å². The van der Waals surface area contributed by atoms with E-state index in [0.717, 1.165) is 0 Å². The fourth-order valence-electron chi connectivity index (χ4n) is 3.04. The van der Waals surface area contributed by atoms with Gasteiger partial charge in [-0.25, -0.2) is 0 Å². The second-order valence-corrected chi connectivity index (χ2v) is 7.93. The number of aryl methyl sites for hydroxylation is 4. The topological polar surface area (TPSA) is 0 Å². The summed E-state index contributed by atoms with van der Waals surface area (Å²) >= 11 is 0. The summed E-state index contributed by atoms with van der Waals surface area (Å²) < 4.78 is 0. The van der Waals surface area contributed by atoms with Crippen LogP contribution in [0.3, 0.4) is 0 Å². The average Bonchev–Trinajstić information content (AvgIpc) is 2.75. The van der Waals surface area contributed by atoms with Gasteiger partial charge in [0.05, 0.1) is 0 Å². The molecular weight excluding hydrogens is 449 g/mol. The molecular formula is C30H30Y+. The standard InChI is InChI=1S/2C15H15.Y/c2*1-12-3-7-14(8-4-12)11-15-9-5-13(2)6-10-15;/h2*3-11H,1-2H3;/q2*-1;+3. The number of hydrogen-bond acceptors (Lipinski definition) is 0. The molecule has 4 rings (SSSR count). The van der Waals surface area contributed by atoms with E-state index in [2.05, 4.69) is 138 Å². The van der Waals surface area contributed by atoms with Gasteiger partial charge in [-0.2, -0.15) is 0 Å². The van der Waals surface area contributed by atoms with Gasteiger partial charge in [0, 0.05) is 0 Å². The van der Waals surface area contributed by atoms with E-state index in [1.54, 1.807) is 0 Å². The maximum Gasteiger partial charge on any atom is 3.00 e. The first kappa shape index (κ1) is 25.0. The Labute approximate surface area is 213 Å². The summed E-state index contributed by atoms with van der Waals surface area (Å²) in [5.41, 5.74) is 10.2. The molecule has 0 atom stereocenters. The van der Waals surface area contributed by atoms with Crippen LogP contribution in [0, 0.1) is 40.5 Å². The van der Waals surface area contributed by atoms with Gasteiger partial charge in [-0.15, -0.1) is 83.6 Å². The van der Waals surface area contributed by atoms with Gasteiger partial charge in [0.1, 0.15) is 0 Å². The summed E-state index contributed by atoms with van der Waals surface area (Å²) in [6, 6.07) is 34.3. The summed E-state index contributed by atoms with van der Waals surface area (Å²) in [6.07, 6.45) is 4.39. The molecule has 152 valence electrons. The van der Waals surface area contributed by atoms with E-state index in [4.69, 9.17) is 0 Å². The zero-order valence-corrected chi connectivity index (χ0v) is 21.8. The van der Waals surface area contributed by atoms with Crippen LogP contribution in [0.2, 0.25) is 0 Å². The third kappa shape index (κ3) is 8.77. The number of hydrogen-bond donors (Lipinski definition) is 0. The first-order valence-electron chi connectivity index (χ1n) is 10.4. The molecule has 0 aromatic heterocycles. The van der Waals surface area contributed by atoms with Gasteiger partial charge >= 0.3 is 32.7 Å². The van der Waals surface area contributed by atoms with E-state index in [-0.39, 0.29) is 32.7 Å². The van der Waals surface area contributed by atoms with Crippen molar-refractivity contribution in [3.05, 3.63) is 154 Å². The van der Waals surface area contributed by atoms with Crippen LogP contribution in [0.1, 0.15) is 44.5 Å². The Balaban J connectivity index is 0.000000213. The Morgan fingerprint density at radius 1 is 0.323 bits per heavy atom. The van der Waals surface area contributed by atoms with Crippen molar-refractivity contribution in [2.45, 2.75) is 27.7 Å². The smallest absolute Gasteiger partial charge is 0.126 e. The Morgan fingerprint density at radius 2 is 0.484 bits per heavy atom. The van der Waals surface area contributed by atoms with E-state index in [0.29, 0.717) is 0 Å². The molecule has 0 saturated carbocycles. The molecule has 0 aliphatic rings. The summed E-state index contributed by atoms with van der Waals surface area (Å²) in [4.78, 5) is 0. The van der Waals surface area contributed by atoms with E-state index >= 15 is 0 Å². The van der Waals surface area contributed by atoms with Crippen LogP contribution < -0.4 is 0 Å². The monoisotopic (exact) mass is 479 g/mol. The van der Waals surface area contributed by atoms with Crippen molar-refractivity contribution in [1.82, 2.24) is 0 Å². The second-order valence-electron chi connectivity index (χ2n) is 7.93. The molecule has 0 heterocycles. The maximum absolute atomic E-state index is 2.19. The molecule has 31 heavy (non-hydrogen) atoms. The van der Waals surface area contributed by atoms with Crippen molar-refractivity contribution >= 4 is 0 Å². The van der Waals surface area contributed by atoms with Crippen molar-refractivity contribution in [2.24, 2.45) is 0 Å². The van der Waals surface area contributed by atoms with Gasteiger partial charge in [-0.1, -0.05) is 70.8 Å². The van der Waals surface area contributed by atoms with Crippen molar-refractivity contribution in [3.63, 3.8) is 0 Å².